The molecular formula is C51H105N5O6. The predicted octanol–water partition coefficient (Wildman–Crippen LogP) is 9.28. The van der Waals surface area contributed by atoms with E-state index >= 15 is 0 Å². The van der Waals surface area contributed by atoms with Gasteiger partial charge in [-0.05, 0) is 91.1 Å². The Hall–Kier alpha value is -0.890. The van der Waals surface area contributed by atoms with E-state index in [-0.39, 0.29) is 5.91 Å². The quantitative estimate of drug-likeness (QED) is 0.0294. The maximum Gasteiger partial charge on any atom is 0.236 e. The number of hydrogen-bond acceptors (Lipinski definition) is 10. The number of nitrogens with two attached hydrogens (primary N) is 1. The van der Waals surface area contributed by atoms with Crippen LogP contribution in [-0.2, 0) is 14.3 Å². The highest BCUT2D eigenvalue weighted by atomic mass is 16.7. The Morgan fingerprint density at radius 3 is 1.34 bits per heavy atom. The summed E-state index contributed by atoms with van der Waals surface area (Å²) in [5.41, 5.74) is 5.55. The molecule has 0 radical (unpaired) electrons. The first-order chi connectivity index (χ1) is 30.4. The second-order valence-corrected chi connectivity index (χ2v) is 18.7. The smallest absolute Gasteiger partial charge is 0.236 e. The molecule has 1 rings (SSSR count). The summed E-state index contributed by atoms with van der Waals surface area (Å²) < 4.78 is 11.1. The number of unbranched alkanes of at least 4 members (excludes halogenated alkanes) is 28. The zero-order valence-corrected chi connectivity index (χ0v) is 40.9. The minimum atomic E-state index is -1.24. The molecule has 1 heterocycles. The van der Waals surface area contributed by atoms with Crippen molar-refractivity contribution in [1.82, 2.24) is 20.9 Å². The van der Waals surface area contributed by atoms with Crippen LogP contribution < -0.4 is 21.7 Å². The number of carbonyl (C=O) groups is 1. The first-order valence-corrected chi connectivity index (χ1v) is 26.8. The largest absolute Gasteiger partial charge is 0.388 e. The van der Waals surface area contributed by atoms with Crippen LogP contribution in [0.5, 0.6) is 0 Å². The molecule has 62 heavy (non-hydrogen) atoms. The fourth-order valence-corrected chi connectivity index (χ4v) is 8.53. The molecule has 1 aliphatic heterocycles. The fraction of sp³-hybridized carbons (Fsp3) is 0.980. The number of aliphatic hydroxyl groups is 3. The highest BCUT2D eigenvalue weighted by Gasteiger charge is 2.42. The molecule has 0 aromatic heterocycles. The average molecular weight is 884 g/mol. The molecule has 8 N–H and O–H groups in total. The van der Waals surface area contributed by atoms with Gasteiger partial charge in [-0.15, -0.1) is 0 Å². The fourth-order valence-electron chi connectivity index (χ4n) is 8.53. The van der Waals surface area contributed by atoms with Gasteiger partial charge in [0.1, 0.15) is 18.3 Å². The number of carbonyl (C=O) groups excluding carboxylic acids is 1. The van der Waals surface area contributed by atoms with Crippen LogP contribution in [0.15, 0.2) is 0 Å². The Bertz CT molecular complexity index is 937. The molecule has 370 valence electrons. The zero-order chi connectivity index (χ0) is 45.0. The van der Waals surface area contributed by atoms with Gasteiger partial charge in [0.25, 0.3) is 0 Å². The number of hydrogen-bond donors (Lipinski definition) is 7. The minimum absolute atomic E-state index is 0.278. The van der Waals surface area contributed by atoms with E-state index < -0.39 is 30.7 Å². The number of aliphatic hydroxyl groups excluding tert-OH is 3. The Balaban J connectivity index is 2.13. The van der Waals surface area contributed by atoms with Crippen molar-refractivity contribution in [1.29, 1.82) is 0 Å². The van der Waals surface area contributed by atoms with Gasteiger partial charge in [0.15, 0.2) is 6.29 Å². The molecule has 0 unspecified atom stereocenters. The van der Waals surface area contributed by atoms with Crippen LogP contribution in [0, 0.1) is 0 Å². The van der Waals surface area contributed by atoms with E-state index in [0.717, 1.165) is 90.9 Å². The number of nitrogens with one attached hydrogen (secondary N) is 3. The summed E-state index contributed by atoms with van der Waals surface area (Å²) in [5, 5.41) is 40.2. The minimum Gasteiger partial charge on any atom is -0.388 e. The average Bonchev–Trinajstić information content (AvgIpc) is 3.27. The van der Waals surface area contributed by atoms with Crippen LogP contribution in [0.1, 0.15) is 226 Å². The molecular weight excluding hydrogens is 779 g/mol. The summed E-state index contributed by atoms with van der Waals surface area (Å²) in [7, 11) is 0. The van der Waals surface area contributed by atoms with E-state index in [1.54, 1.807) is 6.92 Å². The molecule has 0 saturated carbocycles. The van der Waals surface area contributed by atoms with E-state index in [0.29, 0.717) is 13.2 Å². The van der Waals surface area contributed by atoms with Crippen molar-refractivity contribution in [3.05, 3.63) is 0 Å². The van der Waals surface area contributed by atoms with Crippen molar-refractivity contribution >= 4 is 5.91 Å². The molecule has 0 spiro atoms. The van der Waals surface area contributed by atoms with E-state index in [1.165, 1.54) is 173 Å². The lowest BCUT2D eigenvalue weighted by Crippen LogP contribution is -2.57. The van der Waals surface area contributed by atoms with Gasteiger partial charge in [-0.1, -0.05) is 174 Å². The molecule has 11 heteroatoms. The highest BCUT2D eigenvalue weighted by Crippen LogP contribution is 2.22. The van der Waals surface area contributed by atoms with Gasteiger partial charge in [-0.25, -0.2) is 0 Å². The van der Waals surface area contributed by atoms with Gasteiger partial charge in [0.05, 0.1) is 12.6 Å². The summed E-state index contributed by atoms with van der Waals surface area (Å²) in [5.74, 6) is 0.278. The lowest BCUT2D eigenvalue weighted by molar-refractivity contribution is -0.293. The maximum absolute atomic E-state index is 13.3. The Labute approximate surface area is 383 Å². The SMILES string of the molecule is CCCCCCCCCCCCCCCCCCN(CCCCCCCCCCCCCCCO[C@@H]1O[C@H](C)[C@H](O)[C@H](O)[C@H]1O)C(=O)CNCCCNCCCCNCCCN. The Kier molecular flexibility index (Phi) is 43.2. The third-order valence-electron chi connectivity index (χ3n) is 12.8. The normalized spacial score (nSPS) is 19.1. The third kappa shape index (κ3) is 35.4. The van der Waals surface area contributed by atoms with Crippen LogP contribution in [-0.4, -0.2) is 122 Å². The second-order valence-electron chi connectivity index (χ2n) is 18.7. The molecule has 1 saturated heterocycles. The van der Waals surface area contributed by atoms with E-state index in [1.807, 2.05) is 0 Å². The van der Waals surface area contributed by atoms with Crippen molar-refractivity contribution in [2.24, 2.45) is 5.73 Å². The van der Waals surface area contributed by atoms with Gasteiger partial charge in [0, 0.05) is 19.7 Å². The van der Waals surface area contributed by atoms with Crippen molar-refractivity contribution in [2.75, 3.05) is 65.5 Å². The van der Waals surface area contributed by atoms with Crippen LogP contribution >= 0.6 is 0 Å². The van der Waals surface area contributed by atoms with Crippen molar-refractivity contribution in [3.63, 3.8) is 0 Å². The summed E-state index contributed by atoms with van der Waals surface area (Å²) in [4.78, 5) is 15.5. The van der Waals surface area contributed by atoms with Gasteiger partial charge in [-0.3, -0.25) is 4.79 Å². The molecule has 0 aromatic rings. The van der Waals surface area contributed by atoms with Crippen LogP contribution in [0.2, 0.25) is 0 Å². The number of nitrogens with zero attached hydrogens (tertiary/aromatic N) is 1. The summed E-state index contributed by atoms with van der Waals surface area (Å²) in [6.45, 7) is 12.5. The standard InChI is InChI=1S/C51H105N5O6/c1-3-4-5-6-7-8-9-10-11-12-14-17-20-23-26-31-42-56(47(57)45-55-41-35-40-54-38-30-29-37-53-39-34-36-52)43-32-27-24-21-18-15-13-16-19-22-25-28-33-44-61-51-50(60)49(59)48(58)46(2)62-51/h46,48-51,53-55,58-60H,3-45,52H2,1-2H3/t46-,48+,49+,50-,51-/m1/s1. The van der Waals surface area contributed by atoms with Gasteiger partial charge < -0.3 is 51.4 Å². The zero-order valence-electron chi connectivity index (χ0n) is 40.9. The van der Waals surface area contributed by atoms with E-state index in [2.05, 4.69) is 27.8 Å². The van der Waals surface area contributed by atoms with Crippen LogP contribution in [0.3, 0.4) is 0 Å². The molecule has 0 aromatic carbocycles. The number of rotatable bonds is 48. The van der Waals surface area contributed by atoms with Crippen LogP contribution in [0.4, 0.5) is 0 Å². The monoisotopic (exact) mass is 884 g/mol. The first-order valence-electron chi connectivity index (χ1n) is 26.8. The van der Waals surface area contributed by atoms with Gasteiger partial charge in [0.2, 0.25) is 5.91 Å². The second kappa shape index (κ2) is 45.3. The highest BCUT2D eigenvalue weighted by molar-refractivity contribution is 5.78. The van der Waals surface area contributed by atoms with Crippen molar-refractivity contribution in [2.45, 2.75) is 256 Å². The lowest BCUT2D eigenvalue weighted by atomic mass is 10.00. The van der Waals surface area contributed by atoms with Crippen molar-refractivity contribution in [3.8, 4) is 0 Å². The number of amides is 1. The molecule has 5 atom stereocenters. The third-order valence-corrected chi connectivity index (χ3v) is 12.8. The summed E-state index contributed by atoms with van der Waals surface area (Å²) in [6, 6.07) is 0. The molecule has 11 nitrogen and oxygen atoms in total. The topological polar surface area (TPSA) is 162 Å². The maximum atomic E-state index is 13.3. The molecule has 1 fully saturated rings. The Morgan fingerprint density at radius 1 is 0.500 bits per heavy atom. The first kappa shape index (κ1) is 59.1. The molecule has 0 bridgehead atoms. The molecule has 1 amide bonds. The van der Waals surface area contributed by atoms with Gasteiger partial charge in [-0.2, -0.15) is 0 Å². The molecule has 1 aliphatic rings. The summed E-state index contributed by atoms with van der Waals surface area (Å²) >= 11 is 0. The number of ether oxygens (including phenoxy) is 2. The van der Waals surface area contributed by atoms with E-state index in [4.69, 9.17) is 15.2 Å². The Morgan fingerprint density at radius 2 is 0.887 bits per heavy atom. The predicted molar refractivity (Wildman–Crippen MR) is 261 cm³/mol. The van der Waals surface area contributed by atoms with Crippen molar-refractivity contribution < 1.29 is 29.6 Å². The van der Waals surface area contributed by atoms with Gasteiger partial charge >= 0.3 is 0 Å². The van der Waals surface area contributed by atoms with Crippen LogP contribution in [0.25, 0.3) is 0 Å². The molecule has 0 aliphatic carbocycles. The summed E-state index contributed by atoms with van der Waals surface area (Å²) in [6.07, 6.45) is 37.2. The van der Waals surface area contributed by atoms with E-state index in [9.17, 15) is 20.1 Å². The lowest BCUT2D eigenvalue weighted by Gasteiger charge is -2.38.